The molecule has 1 atom stereocenters. The van der Waals surface area contributed by atoms with Gasteiger partial charge in [-0.3, -0.25) is 4.72 Å². The third-order valence-electron chi connectivity index (χ3n) is 3.70. The van der Waals surface area contributed by atoms with Crippen LogP contribution in [0.1, 0.15) is 25.7 Å². The van der Waals surface area contributed by atoms with E-state index in [1.165, 1.54) is 4.31 Å². The zero-order chi connectivity index (χ0) is 15.7. The first-order chi connectivity index (χ1) is 10.5. The Kier molecular flexibility index (Phi) is 3.88. The quantitative estimate of drug-likeness (QED) is 0.932. The SMILES string of the molecule is Cc1nc(-c2cccc(NS(=O)(=O)N3CCCC3C)c2)no1. The summed E-state index contributed by atoms with van der Waals surface area (Å²) in [4.78, 5) is 4.14. The van der Waals surface area contributed by atoms with Crippen molar-refractivity contribution >= 4 is 15.9 Å². The summed E-state index contributed by atoms with van der Waals surface area (Å²) in [6.45, 7) is 4.18. The Hall–Kier alpha value is -1.93. The van der Waals surface area contributed by atoms with Crippen molar-refractivity contribution in [2.45, 2.75) is 32.7 Å². The molecule has 118 valence electrons. The van der Waals surface area contributed by atoms with Crippen molar-refractivity contribution in [1.82, 2.24) is 14.4 Å². The molecule has 7 nitrogen and oxygen atoms in total. The maximum absolute atomic E-state index is 12.4. The number of aromatic nitrogens is 2. The smallest absolute Gasteiger partial charge is 0.301 e. The zero-order valence-electron chi connectivity index (χ0n) is 12.5. The van der Waals surface area contributed by atoms with E-state index in [1.807, 2.05) is 6.92 Å². The minimum atomic E-state index is -3.54. The van der Waals surface area contributed by atoms with E-state index in [1.54, 1.807) is 31.2 Å². The molecule has 1 fully saturated rings. The highest BCUT2D eigenvalue weighted by atomic mass is 32.2. The Bertz CT molecular complexity index is 772. The summed E-state index contributed by atoms with van der Waals surface area (Å²) in [5.41, 5.74) is 1.19. The van der Waals surface area contributed by atoms with Crippen molar-refractivity contribution in [1.29, 1.82) is 0 Å². The fraction of sp³-hybridized carbons (Fsp3) is 0.429. The van der Waals surface area contributed by atoms with Gasteiger partial charge in [-0.2, -0.15) is 17.7 Å². The van der Waals surface area contributed by atoms with E-state index in [4.69, 9.17) is 4.52 Å². The number of hydrogen-bond donors (Lipinski definition) is 1. The van der Waals surface area contributed by atoms with Gasteiger partial charge in [0.05, 0.1) is 5.69 Å². The molecule has 0 spiro atoms. The van der Waals surface area contributed by atoms with Gasteiger partial charge < -0.3 is 4.52 Å². The van der Waals surface area contributed by atoms with Crippen LogP contribution in [0.15, 0.2) is 28.8 Å². The first kappa shape index (κ1) is 15.0. The lowest BCUT2D eigenvalue weighted by molar-refractivity contribution is 0.394. The molecule has 0 aliphatic carbocycles. The van der Waals surface area contributed by atoms with Crippen LogP contribution >= 0.6 is 0 Å². The molecule has 1 aliphatic heterocycles. The van der Waals surface area contributed by atoms with E-state index < -0.39 is 10.2 Å². The average molecular weight is 322 g/mol. The Morgan fingerprint density at radius 3 is 2.86 bits per heavy atom. The van der Waals surface area contributed by atoms with Crippen LogP contribution in [-0.4, -0.2) is 35.5 Å². The molecule has 0 bridgehead atoms. The Morgan fingerprint density at radius 1 is 1.41 bits per heavy atom. The topological polar surface area (TPSA) is 88.3 Å². The van der Waals surface area contributed by atoms with Gasteiger partial charge >= 0.3 is 10.2 Å². The van der Waals surface area contributed by atoms with E-state index in [-0.39, 0.29) is 6.04 Å². The summed E-state index contributed by atoms with van der Waals surface area (Å²) in [5, 5.41) is 3.84. The summed E-state index contributed by atoms with van der Waals surface area (Å²) in [6.07, 6.45) is 1.79. The monoisotopic (exact) mass is 322 g/mol. The zero-order valence-corrected chi connectivity index (χ0v) is 13.3. The van der Waals surface area contributed by atoms with Gasteiger partial charge in [0.2, 0.25) is 11.7 Å². The van der Waals surface area contributed by atoms with E-state index in [2.05, 4.69) is 14.9 Å². The van der Waals surface area contributed by atoms with Gasteiger partial charge in [-0.15, -0.1) is 0 Å². The van der Waals surface area contributed by atoms with Crippen LogP contribution in [0, 0.1) is 6.92 Å². The largest absolute Gasteiger partial charge is 0.339 e. The van der Waals surface area contributed by atoms with Gasteiger partial charge in [-0.05, 0) is 31.9 Å². The Morgan fingerprint density at radius 2 is 2.23 bits per heavy atom. The molecule has 8 heteroatoms. The standard InChI is InChI=1S/C14H18N4O3S/c1-10-5-4-8-18(10)22(19,20)17-13-7-3-6-12(9-13)14-15-11(2)21-16-14/h3,6-7,9-10,17H,4-5,8H2,1-2H3. The molecule has 2 heterocycles. The second-order valence-corrected chi connectivity index (χ2v) is 7.05. The van der Waals surface area contributed by atoms with Crippen LogP contribution in [0.2, 0.25) is 0 Å². The Balaban J connectivity index is 1.84. The molecule has 0 radical (unpaired) electrons. The lowest BCUT2D eigenvalue weighted by atomic mass is 10.2. The molecule has 1 aromatic heterocycles. The van der Waals surface area contributed by atoms with Gasteiger partial charge in [0.15, 0.2) is 0 Å². The van der Waals surface area contributed by atoms with Crippen molar-refractivity contribution < 1.29 is 12.9 Å². The fourth-order valence-electron chi connectivity index (χ4n) is 2.61. The molecule has 1 saturated heterocycles. The minimum Gasteiger partial charge on any atom is -0.339 e. The second-order valence-electron chi connectivity index (χ2n) is 5.43. The summed E-state index contributed by atoms with van der Waals surface area (Å²) < 4.78 is 33.9. The van der Waals surface area contributed by atoms with Crippen LogP contribution in [0.4, 0.5) is 5.69 Å². The molecule has 1 aliphatic rings. The van der Waals surface area contributed by atoms with E-state index >= 15 is 0 Å². The van der Waals surface area contributed by atoms with E-state index in [0.29, 0.717) is 29.5 Å². The maximum Gasteiger partial charge on any atom is 0.301 e. The number of anilines is 1. The molecular weight excluding hydrogens is 304 g/mol. The summed E-state index contributed by atoms with van der Waals surface area (Å²) >= 11 is 0. The number of rotatable bonds is 4. The molecular formula is C14H18N4O3S. The minimum absolute atomic E-state index is 0.0283. The third kappa shape index (κ3) is 2.97. The summed E-state index contributed by atoms with van der Waals surface area (Å²) in [6, 6.07) is 6.99. The average Bonchev–Trinajstić information content (AvgIpc) is 3.07. The van der Waals surface area contributed by atoms with Gasteiger partial charge in [0, 0.05) is 25.1 Å². The molecule has 1 aromatic carbocycles. The lowest BCUT2D eigenvalue weighted by Crippen LogP contribution is -2.37. The van der Waals surface area contributed by atoms with Crippen molar-refractivity contribution in [3.63, 3.8) is 0 Å². The van der Waals surface area contributed by atoms with Gasteiger partial charge in [0.25, 0.3) is 0 Å². The van der Waals surface area contributed by atoms with Crippen LogP contribution in [-0.2, 0) is 10.2 Å². The molecule has 22 heavy (non-hydrogen) atoms. The normalized spacial score (nSPS) is 19.5. The second kappa shape index (κ2) is 5.69. The van der Waals surface area contributed by atoms with Gasteiger partial charge in [0.1, 0.15) is 0 Å². The number of hydrogen-bond acceptors (Lipinski definition) is 5. The molecule has 3 rings (SSSR count). The highest BCUT2D eigenvalue weighted by Gasteiger charge is 2.31. The van der Waals surface area contributed by atoms with Crippen LogP contribution < -0.4 is 4.72 Å². The molecule has 0 saturated carbocycles. The van der Waals surface area contributed by atoms with Crippen molar-refractivity contribution in [3.8, 4) is 11.4 Å². The lowest BCUT2D eigenvalue weighted by Gasteiger charge is -2.21. The van der Waals surface area contributed by atoms with Crippen molar-refractivity contribution in [3.05, 3.63) is 30.2 Å². The van der Waals surface area contributed by atoms with Gasteiger partial charge in [-0.1, -0.05) is 17.3 Å². The van der Waals surface area contributed by atoms with Crippen LogP contribution in [0.5, 0.6) is 0 Å². The Labute approximate surface area is 129 Å². The van der Waals surface area contributed by atoms with Crippen molar-refractivity contribution in [2.24, 2.45) is 0 Å². The molecule has 0 amide bonds. The summed E-state index contributed by atoms with van der Waals surface area (Å²) in [7, 11) is -3.54. The predicted molar refractivity (Wildman–Crippen MR) is 82.4 cm³/mol. The van der Waals surface area contributed by atoms with Crippen molar-refractivity contribution in [2.75, 3.05) is 11.3 Å². The fourth-order valence-corrected chi connectivity index (χ4v) is 4.10. The first-order valence-electron chi connectivity index (χ1n) is 7.16. The number of nitrogens with one attached hydrogen (secondary N) is 1. The maximum atomic E-state index is 12.4. The number of aryl methyl sites for hydroxylation is 1. The highest BCUT2D eigenvalue weighted by molar-refractivity contribution is 7.90. The number of nitrogens with zero attached hydrogens (tertiary/aromatic N) is 3. The van der Waals surface area contributed by atoms with Crippen LogP contribution in [0.3, 0.4) is 0 Å². The van der Waals surface area contributed by atoms with E-state index in [9.17, 15) is 8.42 Å². The molecule has 1 unspecified atom stereocenters. The van der Waals surface area contributed by atoms with Gasteiger partial charge in [-0.25, -0.2) is 0 Å². The predicted octanol–water partition coefficient (Wildman–Crippen LogP) is 2.19. The number of benzene rings is 1. The third-order valence-corrected chi connectivity index (χ3v) is 5.35. The summed E-state index contributed by atoms with van der Waals surface area (Å²) in [5.74, 6) is 0.903. The molecule has 2 aromatic rings. The van der Waals surface area contributed by atoms with E-state index in [0.717, 1.165) is 12.8 Å². The first-order valence-corrected chi connectivity index (χ1v) is 8.60. The molecule has 1 N–H and O–H groups in total. The highest BCUT2D eigenvalue weighted by Crippen LogP contribution is 2.24. The van der Waals surface area contributed by atoms with Crippen LogP contribution in [0.25, 0.3) is 11.4 Å².